The second-order valence-electron chi connectivity index (χ2n) is 6.82. The molecule has 2 aliphatic rings. The molecular formula is C17H29N5S. The summed E-state index contributed by atoms with van der Waals surface area (Å²) in [4.78, 5) is 14.0. The second kappa shape index (κ2) is 8.11. The molecule has 0 amide bonds. The Bertz CT molecular complexity index is 513. The van der Waals surface area contributed by atoms with E-state index in [4.69, 9.17) is 5.73 Å². The van der Waals surface area contributed by atoms with Crippen LogP contribution in [-0.4, -0.2) is 53.5 Å². The predicted octanol–water partition coefficient (Wildman–Crippen LogP) is 2.46. The largest absolute Gasteiger partial charge is 0.370 e. The summed E-state index contributed by atoms with van der Waals surface area (Å²) in [5, 5.41) is 3.35. The van der Waals surface area contributed by atoms with Crippen molar-refractivity contribution in [2.75, 3.05) is 32.7 Å². The lowest BCUT2D eigenvalue weighted by atomic mass is 9.97. The summed E-state index contributed by atoms with van der Waals surface area (Å²) in [5.74, 6) is 1.46. The third kappa shape index (κ3) is 4.91. The van der Waals surface area contributed by atoms with Crippen LogP contribution in [0.4, 0.5) is 0 Å². The summed E-state index contributed by atoms with van der Waals surface area (Å²) in [5.41, 5.74) is 7.38. The van der Waals surface area contributed by atoms with Crippen molar-refractivity contribution in [3.8, 4) is 0 Å². The molecule has 128 valence electrons. The highest BCUT2D eigenvalue weighted by Crippen LogP contribution is 2.20. The van der Waals surface area contributed by atoms with Crippen LogP contribution in [-0.2, 0) is 6.54 Å². The van der Waals surface area contributed by atoms with E-state index in [0.717, 1.165) is 50.2 Å². The Morgan fingerprint density at radius 2 is 2.00 bits per heavy atom. The summed E-state index contributed by atoms with van der Waals surface area (Å²) in [6.07, 6.45) is 6.29. The number of guanidine groups is 1. The Morgan fingerprint density at radius 1 is 1.26 bits per heavy atom. The number of hydrogen-bond acceptors (Lipinski definition) is 4. The SMILES string of the molecule is Cc1nc(CN2CCC(CN=C(N)N3CCCCC3)CC2)cs1. The lowest BCUT2D eigenvalue weighted by Crippen LogP contribution is -2.41. The van der Waals surface area contributed by atoms with E-state index in [1.807, 2.05) is 0 Å². The van der Waals surface area contributed by atoms with Crippen molar-refractivity contribution >= 4 is 17.3 Å². The van der Waals surface area contributed by atoms with E-state index in [2.05, 4.69) is 32.1 Å². The van der Waals surface area contributed by atoms with Crippen LogP contribution in [0.25, 0.3) is 0 Å². The lowest BCUT2D eigenvalue weighted by Gasteiger charge is -2.31. The van der Waals surface area contributed by atoms with Crippen LogP contribution in [0, 0.1) is 12.8 Å². The van der Waals surface area contributed by atoms with Gasteiger partial charge >= 0.3 is 0 Å². The van der Waals surface area contributed by atoms with Gasteiger partial charge in [0.1, 0.15) is 0 Å². The molecule has 23 heavy (non-hydrogen) atoms. The van der Waals surface area contributed by atoms with Crippen LogP contribution in [0.2, 0.25) is 0 Å². The molecule has 0 radical (unpaired) electrons. The molecule has 2 fully saturated rings. The fourth-order valence-electron chi connectivity index (χ4n) is 3.48. The number of aliphatic imine (C=N–C) groups is 1. The number of thiazole rings is 1. The summed E-state index contributed by atoms with van der Waals surface area (Å²) in [6.45, 7) is 8.44. The van der Waals surface area contributed by atoms with Gasteiger partial charge in [-0.05, 0) is 58.0 Å². The predicted molar refractivity (Wildman–Crippen MR) is 96.8 cm³/mol. The van der Waals surface area contributed by atoms with E-state index in [0.29, 0.717) is 5.92 Å². The number of hydrogen-bond donors (Lipinski definition) is 1. The van der Waals surface area contributed by atoms with Crippen molar-refractivity contribution in [3.05, 3.63) is 16.1 Å². The first-order valence-electron chi connectivity index (χ1n) is 8.89. The monoisotopic (exact) mass is 335 g/mol. The van der Waals surface area contributed by atoms with Crippen LogP contribution in [0.1, 0.15) is 42.8 Å². The van der Waals surface area contributed by atoms with Gasteiger partial charge in [-0.3, -0.25) is 9.89 Å². The minimum atomic E-state index is 0.687. The number of piperidine rings is 2. The Balaban J connectivity index is 1.40. The average molecular weight is 336 g/mol. The molecule has 2 aliphatic heterocycles. The van der Waals surface area contributed by atoms with E-state index in [9.17, 15) is 0 Å². The summed E-state index contributed by atoms with van der Waals surface area (Å²) in [7, 11) is 0. The highest BCUT2D eigenvalue weighted by Gasteiger charge is 2.20. The van der Waals surface area contributed by atoms with Crippen molar-refractivity contribution in [3.63, 3.8) is 0 Å². The van der Waals surface area contributed by atoms with Crippen LogP contribution < -0.4 is 5.73 Å². The van der Waals surface area contributed by atoms with Crippen molar-refractivity contribution in [1.82, 2.24) is 14.8 Å². The van der Waals surface area contributed by atoms with Gasteiger partial charge in [0.15, 0.2) is 5.96 Å². The van der Waals surface area contributed by atoms with Gasteiger partial charge in [0.2, 0.25) is 0 Å². The maximum atomic E-state index is 6.16. The molecule has 1 aromatic heterocycles. The normalized spacial score (nSPS) is 21.8. The minimum absolute atomic E-state index is 0.687. The van der Waals surface area contributed by atoms with Crippen molar-refractivity contribution in [1.29, 1.82) is 0 Å². The smallest absolute Gasteiger partial charge is 0.191 e. The molecule has 0 atom stereocenters. The molecular weight excluding hydrogens is 306 g/mol. The van der Waals surface area contributed by atoms with E-state index in [1.54, 1.807) is 11.3 Å². The maximum absolute atomic E-state index is 6.16. The zero-order valence-corrected chi connectivity index (χ0v) is 15.0. The first-order valence-corrected chi connectivity index (χ1v) is 9.77. The fourth-order valence-corrected chi connectivity index (χ4v) is 4.09. The van der Waals surface area contributed by atoms with Gasteiger partial charge in [-0.25, -0.2) is 4.98 Å². The zero-order valence-electron chi connectivity index (χ0n) is 14.2. The summed E-state index contributed by atoms with van der Waals surface area (Å²) < 4.78 is 0. The molecule has 3 heterocycles. The van der Waals surface area contributed by atoms with E-state index < -0.39 is 0 Å². The van der Waals surface area contributed by atoms with Gasteiger partial charge in [-0.2, -0.15) is 0 Å². The van der Waals surface area contributed by atoms with Crippen LogP contribution in [0.3, 0.4) is 0 Å². The molecule has 0 saturated carbocycles. The molecule has 5 nitrogen and oxygen atoms in total. The number of aromatic nitrogens is 1. The van der Waals surface area contributed by atoms with Crippen LogP contribution >= 0.6 is 11.3 Å². The van der Waals surface area contributed by atoms with Crippen LogP contribution in [0.5, 0.6) is 0 Å². The van der Waals surface area contributed by atoms with Crippen molar-refractivity contribution in [2.24, 2.45) is 16.6 Å². The van der Waals surface area contributed by atoms with Crippen molar-refractivity contribution < 1.29 is 0 Å². The van der Waals surface area contributed by atoms with Gasteiger partial charge in [-0.15, -0.1) is 11.3 Å². The van der Waals surface area contributed by atoms with E-state index in [1.165, 1.54) is 37.8 Å². The molecule has 3 rings (SSSR count). The van der Waals surface area contributed by atoms with E-state index in [-0.39, 0.29) is 0 Å². The highest BCUT2D eigenvalue weighted by atomic mass is 32.1. The van der Waals surface area contributed by atoms with Gasteiger partial charge in [-0.1, -0.05) is 0 Å². The Morgan fingerprint density at radius 3 is 2.65 bits per heavy atom. The molecule has 0 spiro atoms. The molecule has 1 aromatic rings. The molecule has 0 unspecified atom stereocenters. The van der Waals surface area contributed by atoms with Gasteiger partial charge < -0.3 is 10.6 Å². The summed E-state index contributed by atoms with van der Waals surface area (Å²) in [6, 6.07) is 0. The first kappa shape index (κ1) is 16.7. The van der Waals surface area contributed by atoms with Gasteiger partial charge in [0, 0.05) is 31.6 Å². The first-order chi connectivity index (χ1) is 11.2. The Hall–Kier alpha value is -1.14. The molecule has 0 aromatic carbocycles. The summed E-state index contributed by atoms with van der Waals surface area (Å²) >= 11 is 1.74. The standard InChI is InChI=1S/C17H29N5S/c1-14-20-16(13-23-14)12-21-9-5-15(6-10-21)11-19-17(18)22-7-3-2-4-8-22/h13,15H,2-12H2,1H3,(H2,18,19). The number of nitrogens with zero attached hydrogens (tertiary/aromatic N) is 4. The number of likely N-dealkylation sites (tertiary alicyclic amines) is 2. The zero-order chi connectivity index (χ0) is 16.1. The number of rotatable bonds is 4. The minimum Gasteiger partial charge on any atom is -0.370 e. The molecule has 0 bridgehead atoms. The third-order valence-corrected chi connectivity index (χ3v) is 5.77. The lowest BCUT2D eigenvalue weighted by molar-refractivity contribution is 0.179. The van der Waals surface area contributed by atoms with Gasteiger partial charge in [0.05, 0.1) is 10.7 Å². The van der Waals surface area contributed by atoms with Crippen LogP contribution in [0.15, 0.2) is 10.4 Å². The van der Waals surface area contributed by atoms with Crippen molar-refractivity contribution in [2.45, 2.75) is 45.6 Å². The topological polar surface area (TPSA) is 57.8 Å². The average Bonchev–Trinajstić information content (AvgIpc) is 2.99. The highest BCUT2D eigenvalue weighted by molar-refractivity contribution is 7.09. The Kier molecular flexibility index (Phi) is 5.89. The number of aryl methyl sites for hydroxylation is 1. The molecule has 0 aliphatic carbocycles. The molecule has 2 saturated heterocycles. The molecule has 2 N–H and O–H groups in total. The number of nitrogens with two attached hydrogens (primary N) is 1. The quantitative estimate of drug-likeness (QED) is 0.678. The third-order valence-electron chi connectivity index (χ3n) is 4.95. The van der Waals surface area contributed by atoms with Gasteiger partial charge in [0.25, 0.3) is 0 Å². The van der Waals surface area contributed by atoms with E-state index >= 15 is 0 Å². The molecule has 6 heteroatoms. The fraction of sp³-hybridized carbons (Fsp3) is 0.765. The maximum Gasteiger partial charge on any atom is 0.191 e. The second-order valence-corrected chi connectivity index (χ2v) is 7.89. The Labute approximate surface area is 143 Å².